The maximum absolute atomic E-state index is 11.8. The zero-order valence-electron chi connectivity index (χ0n) is 15.0. The summed E-state index contributed by atoms with van der Waals surface area (Å²) in [5.41, 5.74) is 0. The van der Waals surface area contributed by atoms with Crippen LogP contribution < -0.4 is 0 Å². The van der Waals surface area contributed by atoms with Gasteiger partial charge in [-0.1, -0.05) is 93.5 Å². The van der Waals surface area contributed by atoms with Crippen molar-refractivity contribution in [2.45, 2.75) is 115 Å². The normalized spacial score (nSPS) is 13.3. The van der Waals surface area contributed by atoms with Gasteiger partial charge >= 0.3 is 0 Å². The summed E-state index contributed by atoms with van der Waals surface area (Å²) < 4.78 is -0.509. The number of aliphatic hydroxyl groups excluding tert-OH is 1. The van der Waals surface area contributed by atoms with E-state index in [9.17, 15) is 9.90 Å². The van der Waals surface area contributed by atoms with Crippen LogP contribution >= 0.6 is 15.9 Å². The lowest BCUT2D eigenvalue weighted by molar-refractivity contribution is -0.122. The van der Waals surface area contributed by atoms with Gasteiger partial charge in [0.05, 0.1) is 10.4 Å². The average molecular weight is 377 g/mol. The fourth-order valence-corrected chi connectivity index (χ4v) is 2.76. The van der Waals surface area contributed by atoms with E-state index in [1.165, 1.54) is 64.2 Å². The molecule has 0 aliphatic carbocycles. The Morgan fingerprint density at radius 3 is 1.73 bits per heavy atom. The van der Waals surface area contributed by atoms with Crippen molar-refractivity contribution in [2.75, 3.05) is 0 Å². The fraction of sp³-hybridized carbons (Fsp3) is 0.947. The van der Waals surface area contributed by atoms with E-state index in [-0.39, 0.29) is 12.2 Å². The molecular formula is C19H37BrO2. The van der Waals surface area contributed by atoms with Crippen molar-refractivity contribution in [1.82, 2.24) is 0 Å². The number of ketones is 1. The molecule has 3 heteroatoms. The van der Waals surface area contributed by atoms with Gasteiger partial charge in [-0.3, -0.25) is 4.79 Å². The summed E-state index contributed by atoms with van der Waals surface area (Å²) in [4.78, 5) is 11.8. The highest BCUT2D eigenvalue weighted by Gasteiger charge is 2.25. The Hall–Kier alpha value is 0.110. The summed E-state index contributed by atoms with van der Waals surface area (Å²) >= 11 is 3.35. The van der Waals surface area contributed by atoms with E-state index in [0.29, 0.717) is 0 Å². The third-order valence-electron chi connectivity index (χ3n) is 4.22. The smallest absolute Gasteiger partial charge is 0.151 e. The first kappa shape index (κ1) is 22.1. The molecule has 0 heterocycles. The van der Waals surface area contributed by atoms with Crippen LogP contribution in [0.2, 0.25) is 0 Å². The summed E-state index contributed by atoms with van der Waals surface area (Å²) in [6, 6.07) is 0. The molecule has 0 aromatic rings. The number of rotatable bonds is 15. The summed E-state index contributed by atoms with van der Waals surface area (Å²) in [6.45, 7) is 5.93. The van der Waals surface area contributed by atoms with Crippen LogP contribution in [0.15, 0.2) is 0 Å². The molecule has 1 atom stereocenters. The van der Waals surface area contributed by atoms with E-state index >= 15 is 0 Å². The number of carbonyl (C=O) groups excluding carboxylic acids is 1. The average Bonchev–Trinajstić information content (AvgIpc) is 2.43. The lowest BCUT2D eigenvalue weighted by Crippen LogP contribution is -2.28. The van der Waals surface area contributed by atoms with Gasteiger partial charge < -0.3 is 5.11 Å². The molecule has 1 N–H and O–H groups in total. The van der Waals surface area contributed by atoms with Gasteiger partial charge in [0, 0.05) is 6.42 Å². The van der Waals surface area contributed by atoms with Crippen LogP contribution in [-0.2, 0) is 4.79 Å². The quantitative estimate of drug-likeness (QED) is 0.273. The number of hydrogen-bond acceptors (Lipinski definition) is 2. The first-order valence-electron chi connectivity index (χ1n) is 9.28. The molecule has 0 saturated carbocycles. The molecule has 0 amide bonds. The SMILES string of the molecule is CCCCCCCCCCCCCC(O)CC(=O)C(C)(C)Br. The Kier molecular flexibility index (Phi) is 13.6. The van der Waals surface area contributed by atoms with Gasteiger partial charge in [-0.2, -0.15) is 0 Å². The maximum atomic E-state index is 11.8. The topological polar surface area (TPSA) is 37.3 Å². The standard InChI is InChI=1S/C19H37BrO2/c1-4-5-6-7-8-9-10-11-12-13-14-15-17(21)16-18(22)19(2,3)20/h17,21H,4-16H2,1-3H3. The van der Waals surface area contributed by atoms with Crippen LogP contribution in [0.4, 0.5) is 0 Å². The highest BCUT2D eigenvalue weighted by atomic mass is 79.9. The Labute approximate surface area is 146 Å². The Morgan fingerprint density at radius 2 is 1.32 bits per heavy atom. The number of aliphatic hydroxyl groups is 1. The van der Waals surface area contributed by atoms with Crippen LogP contribution in [0, 0.1) is 0 Å². The second-order valence-corrected chi connectivity index (χ2v) is 9.06. The zero-order chi connectivity index (χ0) is 16.8. The predicted molar refractivity (Wildman–Crippen MR) is 99.7 cm³/mol. The number of unbranched alkanes of at least 4 members (excludes halogenated alkanes) is 10. The van der Waals surface area contributed by atoms with Crippen molar-refractivity contribution >= 4 is 21.7 Å². The second kappa shape index (κ2) is 13.5. The van der Waals surface area contributed by atoms with E-state index in [0.717, 1.165) is 12.8 Å². The van der Waals surface area contributed by atoms with E-state index in [1.807, 2.05) is 13.8 Å². The number of carbonyl (C=O) groups is 1. The zero-order valence-corrected chi connectivity index (χ0v) is 16.6. The minimum Gasteiger partial charge on any atom is -0.393 e. The van der Waals surface area contributed by atoms with Crippen molar-refractivity contribution in [2.24, 2.45) is 0 Å². The molecule has 2 nitrogen and oxygen atoms in total. The summed E-state index contributed by atoms with van der Waals surface area (Å²) in [5.74, 6) is 0.0862. The number of alkyl halides is 1. The monoisotopic (exact) mass is 376 g/mol. The van der Waals surface area contributed by atoms with Gasteiger partial charge in [0.1, 0.15) is 0 Å². The number of Topliss-reactive ketones (excluding diaryl/α,β-unsaturated/α-hetero) is 1. The first-order chi connectivity index (χ1) is 10.4. The molecule has 132 valence electrons. The van der Waals surface area contributed by atoms with Gasteiger partial charge in [0.25, 0.3) is 0 Å². The lowest BCUT2D eigenvalue weighted by atomic mass is 9.99. The molecule has 0 spiro atoms. The Morgan fingerprint density at radius 1 is 0.909 bits per heavy atom. The van der Waals surface area contributed by atoms with E-state index in [1.54, 1.807) is 0 Å². The molecule has 22 heavy (non-hydrogen) atoms. The summed E-state index contributed by atoms with van der Waals surface area (Å²) in [6.07, 6.45) is 15.0. The molecule has 1 unspecified atom stereocenters. The highest BCUT2D eigenvalue weighted by molar-refractivity contribution is 9.10. The number of hydrogen-bond donors (Lipinski definition) is 1. The Bertz CT molecular complexity index is 271. The number of halogens is 1. The molecule has 0 radical (unpaired) electrons. The largest absolute Gasteiger partial charge is 0.393 e. The third kappa shape index (κ3) is 13.8. The van der Waals surface area contributed by atoms with Crippen LogP contribution in [0.1, 0.15) is 104 Å². The van der Waals surface area contributed by atoms with Crippen LogP contribution in [0.5, 0.6) is 0 Å². The summed E-state index contributed by atoms with van der Waals surface area (Å²) in [5, 5.41) is 9.88. The second-order valence-electron chi connectivity index (χ2n) is 7.08. The first-order valence-corrected chi connectivity index (χ1v) is 10.1. The molecule has 0 aromatic carbocycles. The molecule has 0 aliphatic heterocycles. The molecular weight excluding hydrogens is 340 g/mol. The lowest BCUT2D eigenvalue weighted by Gasteiger charge is -2.17. The third-order valence-corrected chi connectivity index (χ3v) is 4.67. The van der Waals surface area contributed by atoms with Crippen LogP contribution in [-0.4, -0.2) is 21.3 Å². The van der Waals surface area contributed by atoms with Crippen molar-refractivity contribution < 1.29 is 9.90 Å². The molecule has 0 rings (SSSR count). The van der Waals surface area contributed by atoms with Crippen molar-refractivity contribution in [3.8, 4) is 0 Å². The van der Waals surface area contributed by atoms with Crippen LogP contribution in [0.25, 0.3) is 0 Å². The van der Waals surface area contributed by atoms with E-state index < -0.39 is 10.4 Å². The van der Waals surface area contributed by atoms with Crippen molar-refractivity contribution in [3.63, 3.8) is 0 Å². The molecule has 0 aliphatic rings. The fourth-order valence-electron chi connectivity index (χ4n) is 2.60. The van der Waals surface area contributed by atoms with Gasteiger partial charge in [-0.25, -0.2) is 0 Å². The molecule has 0 bridgehead atoms. The Balaban J connectivity index is 3.34. The minimum absolute atomic E-state index is 0.0862. The van der Waals surface area contributed by atoms with E-state index in [2.05, 4.69) is 22.9 Å². The van der Waals surface area contributed by atoms with Crippen LogP contribution in [0.3, 0.4) is 0 Å². The molecule has 0 fully saturated rings. The van der Waals surface area contributed by atoms with Crippen molar-refractivity contribution in [1.29, 1.82) is 0 Å². The highest BCUT2D eigenvalue weighted by Crippen LogP contribution is 2.21. The minimum atomic E-state index is -0.509. The maximum Gasteiger partial charge on any atom is 0.151 e. The molecule has 0 saturated heterocycles. The summed E-state index contributed by atoms with van der Waals surface area (Å²) in [7, 11) is 0. The predicted octanol–water partition coefficient (Wildman–Crippen LogP) is 6.18. The van der Waals surface area contributed by atoms with Crippen molar-refractivity contribution in [3.05, 3.63) is 0 Å². The molecule has 0 aromatic heterocycles. The van der Waals surface area contributed by atoms with E-state index in [4.69, 9.17) is 0 Å². The van der Waals surface area contributed by atoms with Gasteiger partial charge in [0.2, 0.25) is 0 Å². The van der Waals surface area contributed by atoms with Gasteiger partial charge in [0.15, 0.2) is 5.78 Å². The van der Waals surface area contributed by atoms with Gasteiger partial charge in [-0.15, -0.1) is 0 Å². The van der Waals surface area contributed by atoms with Gasteiger partial charge in [-0.05, 0) is 20.3 Å².